The summed E-state index contributed by atoms with van der Waals surface area (Å²) in [6.07, 6.45) is 0. The van der Waals surface area contributed by atoms with Gasteiger partial charge in [0.15, 0.2) is 6.61 Å². The Labute approximate surface area is 139 Å². The number of esters is 1. The van der Waals surface area contributed by atoms with Crippen molar-refractivity contribution in [2.45, 2.75) is 4.90 Å². The van der Waals surface area contributed by atoms with Gasteiger partial charge in [-0.1, -0.05) is 24.3 Å². The molecular formula is C16H16N2O5S. The molecule has 0 saturated heterocycles. The van der Waals surface area contributed by atoms with Gasteiger partial charge in [0.2, 0.25) is 0 Å². The molecule has 0 radical (unpaired) electrons. The molecule has 0 fully saturated rings. The normalized spacial score (nSPS) is 14.7. The zero-order chi connectivity index (χ0) is 17.5. The highest BCUT2D eigenvalue weighted by molar-refractivity contribution is 7.93. The lowest BCUT2D eigenvalue weighted by Gasteiger charge is -2.18. The fourth-order valence-electron chi connectivity index (χ4n) is 2.56. The van der Waals surface area contributed by atoms with Crippen LogP contribution in [0.3, 0.4) is 0 Å². The summed E-state index contributed by atoms with van der Waals surface area (Å²) in [6.45, 7) is -0.895. The van der Waals surface area contributed by atoms with Gasteiger partial charge in [0.25, 0.3) is 15.9 Å². The zero-order valence-electron chi connectivity index (χ0n) is 13.2. The van der Waals surface area contributed by atoms with Crippen molar-refractivity contribution in [2.24, 2.45) is 0 Å². The number of rotatable bonds is 4. The highest BCUT2D eigenvalue weighted by Gasteiger charge is 2.37. The summed E-state index contributed by atoms with van der Waals surface area (Å²) >= 11 is 0. The first-order chi connectivity index (χ1) is 11.3. The molecule has 126 valence electrons. The molecule has 0 aromatic heterocycles. The summed E-state index contributed by atoms with van der Waals surface area (Å²) < 4.78 is 31.3. The second-order valence-corrected chi connectivity index (χ2v) is 7.42. The minimum Gasteiger partial charge on any atom is -0.454 e. The monoisotopic (exact) mass is 348 g/mol. The van der Waals surface area contributed by atoms with E-state index >= 15 is 0 Å². The molecule has 0 atom stereocenters. The quantitative estimate of drug-likeness (QED) is 0.769. The Morgan fingerprint density at radius 2 is 1.79 bits per heavy atom. The summed E-state index contributed by atoms with van der Waals surface area (Å²) in [5.41, 5.74) is 0.444. The van der Waals surface area contributed by atoms with Gasteiger partial charge in [0, 0.05) is 19.5 Å². The Morgan fingerprint density at radius 1 is 1.12 bits per heavy atom. The van der Waals surface area contributed by atoms with Crippen molar-refractivity contribution in [3.05, 3.63) is 36.4 Å². The SMILES string of the molecule is CN(C)C(=O)COC(=O)CN1c2cccc3cccc(c23)S1(=O)=O. The highest BCUT2D eigenvalue weighted by Crippen LogP contribution is 2.41. The molecule has 2 aromatic carbocycles. The number of carbonyl (C=O) groups is 2. The van der Waals surface area contributed by atoms with Gasteiger partial charge in [0.1, 0.15) is 6.54 Å². The van der Waals surface area contributed by atoms with Crippen LogP contribution in [-0.2, 0) is 24.3 Å². The molecule has 0 saturated carbocycles. The Kier molecular flexibility index (Phi) is 3.92. The number of ether oxygens (including phenoxy) is 1. The fourth-order valence-corrected chi connectivity index (χ4v) is 4.22. The van der Waals surface area contributed by atoms with Crippen molar-refractivity contribution in [2.75, 3.05) is 31.6 Å². The molecule has 1 amide bonds. The average Bonchev–Trinajstić information content (AvgIpc) is 2.76. The largest absolute Gasteiger partial charge is 0.454 e. The summed E-state index contributed by atoms with van der Waals surface area (Å²) in [4.78, 5) is 24.9. The molecule has 0 N–H and O–H groups in total. The number of likely N-dealkylation sites (N-methyl/N-ethyl adjacent to an activating group) is 1. The van der Waals surface area contributed by atoms with Crippen LogP contribution in [0.4, 0.5) is 5.69 Å². The van der Waals surface area contributed by atoms with Crippen molar-refractivity contribution in [3.8, 4) is 0 Å². The van der Waals surface area contributed by atoms with Crippen LogP contribution in [0.1, 0.15) is 0 Å². The number of anilines is 1. The third-order valence-corrected chi connectivity index (χ3v) is 5.61. The van der Waals surface area contributed by atoms with Gasteiger partial charge in [-0.05, 0) is 17.5 Å². The predicted octanol–water partition coefficient (Wildman–Crippen LogP) is 0.980. The smallest absolute Gasteiger partial charge is 0.327 e. The molecule has 1 aliphatic rings. The first-order valence-electron chi connectivity index (χ1n) is 7.22. The average molecular weight is 348 g/mol. The zero-order valence-corrected chi connectivity index (χ0v) is 14.0. The summed E-state index contributed by atoms with van der Waals surface area (Å²) in [5, 5.41) is 1.38. The van der Waals surface area contributed by atoms with E-state index in [2.05, 4.69) is 0 Å². The van der Waals surface area contributed by atoms with E-state index in [1.54, 1.807) is 32.3 Å². The van der Waals surface area contributed by atoms with Crippen molar-refractivity contribution in [1.82, 2.24) is 4.90 Å². The molecule has 0 unspecified atom stereocenters. The van der Waals surface area contributed by atoms with Crippen molar-refractivity contribution in [1.29, 1.82) is 0 Å². The lowest BCUT2D eigenvalue weighted by atomic mass is 10.1. The van der Waals surface area contributed by atoms with E-state index in [0.717, 1.165) is 9.69 Å². The van der Waals surface area contributed by atoms with Crippen molar-refractivity contribution >= 4 is 38.4 Å². The molecule has 7 nitrogen and oxygen atoms in total. The van der Waals surface area contributed by atoms with Gasteiger partial charge in [-0.25, -0.2) is 8.42 Å². The van der Waals surface area contributed by atoms with E-state index in [1.165, 1.54) is 11.0 Å². The molecule has 24 heavy (non-hydrogen) atoms. The first-order valence-corrected chi connectivity index (χ1v) is 8.66. The number of hydrogen-bond donors (Lipinski definition) is 0. The third kappa shape index (κ3) is 2.58. The van der Waals surface area contributed by atoms with E-state index in [-0.39, 0.29) is 10.8 Å². The molecule has 1 heterocycles. The molecule has 1 aliphatic heterocycles. The third-order valence-electron chi connectivity index (χ3n) is 3.81. The van der Waals surface area contributed by atoms with Gasteiger partial charge in [-0.2, -0.15) is 0 Å². The molecule has 0 spiro atoms. The minimum absolute atomic E-state index is 0.174. The maximum atomic E-state index is 12.7. The van der Waals surface area contributed by atoms with E-state index in [4.69, 9.17) is 4.74 Å². The van der Waals surface area contributed by atoms with Gasteiger partial charge >= 0.3 is 5.97 Å². The summed E-state index contributed by atoms with van der Waals surface area (Å²) in [6, 6.07) is 10.2. The van der Waals surface area contributed by atoms with Crippen LogP contribution in [0.25, 0.3) is 10.8 Å². The second-order valence-electron chi connectivity index (χ2n) is 5.59. The molecule has 8 heteroatoms. The fraction of sp³-hybridized carbons (Fsp3) is 0.250. The number of benzene rings is 2. The van der Waals surface area contributed by atoms with Gasteiger partial charge in [-0.3, -0.25) is 13.9 Å². The topological polar surface area (TPSA) is 84.0 Å². The Hall–Kier alpha value is -2.61. The van der Waals surface area contributed by atoms with Crippen LogP contribution in [0.15, 0.2) is 41.3 Å². The van der Waals surface area contributed by atoms with Crippen LogP contribution >= 0.6 is 0 Å². The maximum absolute atomic E-state index is 12.7. The molecule has 0 bridgehead atoms. The Bertz CT molecular complexity index is 931. The van der Waals surface area contributed by atoms with Gasteiger partial charge in [-0.15, -0.1) is 0 Å². The number of carbonyl (C=O) groups excluding carboxylic acids is 2. The predicted molar refractivity (Wildman–Crippen MR) is 88.1 cm³/mol. The Balaban J connectivity index is 1.87. The van der Waals surface area contributed by atoms with E-state index in [0.29, 0.717) is 11.1 Å². The lowest BCUT2D eigenvalue weighted by molar-refractivity contribution is -0.149. The lowest BCUT2D eigenvalue weighted by Crippen LogP contribution is -2.35. The minimum atomic E-state index is -3.81. The first kappa shape index (κ1) is 16.3. The van der Waals surface area contributed by atoms with E-state index < -0.39 is 29.1 Å². The van der Waals surface area contributed by atoms with E-state index in [9.17, 15) is 18.0 Å². The highest BCUT2D eigenvalue weighted by atomic mass is 32.2. The Morgan fingerprint density at radius 3 is 2.46 bits per heavy atom. The van der Waals surface area contributed by atoms with E-state index in [1.807, 2.05) is 12.1 Å². The molecule has 3 rings (SSSR count). The molecule has 2 aromatic rings. The van der Waals surface area contributed by atoms with Gasteiger partial charge < -0.3 is 9.64 Å². The van der Waals surface area contributed by atoms with Crippen molar-refractivity contribution in [3.63, 3.8) is 0 Å². The van der Waals surface area contributed by atoms with Crippen LogP contribution < -0.4 is 4.31 Å². The van der Waals surface area contributed by atoms with Crippen molar-refractivity contribution < 1.29 is 22.7 Å². The number of nitrogens with zero attached hydrogens (tertiary/aromatic N) is 2. The van der Waals surface area contributed by atoms with Crippen LogP contribution in [-0.4, -0.2) is 52.4 Å². The van der Waals surface area contributed by atoms with Crippen LogP contribution in [0, 0.1) is 0 Å². The number of hydrogen-bond acceptors (Lipinski definition) is 5. The molecule has 0 aliphatic carbocycles. The van der Waals surface area contributed by atoms with Gasteiger partial charge in [0.05, 0.1) is 10.6 Å². The summed E-state index contributed by atoms with van der Waals surface area (Å²) in [7, 11) is -0.731. The number of amides is 1. The standard InChI is InChI=1S/C16H16N2O5S/c1-17(2)14(19)10-23-15(20)9-18-12-7-3-5-11-6-4-8-13(16(11)12)24(18,21)22/h3-8H,9-10H2,1-2H3. The molecular weight excluding hydrogens is 332 g/mol. The second kappa shape index (κ2) is 5.79. The number of sulfonamides is 1. The van der Waals surface area contributed by atoms with Crippen LogP contribution in [0.5, 0.6) is 0 Å². The van der Waals surface area contributed by atoms with Crippen LogP contribution in [0.2, 0.25) is 0 Å². The summed E-state index contributed by atoms with van der Waals surface area (Å²) in [5.74, 6) is -1.16. The maximum Gasteiger partial charge on any atom is 0.327 e.